The summed E-state index contributed by atoms with van der Waals surface area (Å²) >= 11 is 0. The number of benzene rings is 1. The summed E-state index contributed by atoms with van der Waals surface area (Å²) in [7, 11) is 1.45. The first-order valence-electron chi connectivity index (χ1n) is 7.39. The molecule has 2 aromatic rings. The van der Waals surface area contributed by atoms with Gasteiger partial charge in [0.1, 0.15) is 22.6 Å². The molecule has 2 heterocycles. The largest absolute Gasteiger partial charge is 0.477 e. The molecule has 0 atom stereocenters. The predicted molar refractivity (Wildman–Crippen MR) is 85.5 cm³/mol. The fraction of sp³-hybridized carbons (Fsp3) is 0.333. The lowest BCUT2D eigenvalue weighted by Crippen LogP contribution is -2.44. The first kappa shape index (κ1) is 16.2. The second kappa shape index (κ2) is 6.08. The highest BCUT2D eigenvalue weighted by Crippen LogP contribution is 2.29. The van der Waals surface area contributed by atoms with Crippen LogP contribution in [0.5, 0.6) is 0 Å². The van der Waals surface area contributed by atoms with E-state index in [0.29, 0.717) is 26.2 Å². The van der Waals surface area contributed by atoms with Crippen LogP contribution in [0.2, 0.25) is 0 Å². The molecule has 0 bridgehead atoms. The minimum absolute atomic E-state index is 0.178. The number of nitrogens with zero attached hydrogens (tertiary/aromatic N) is 2. The topological polar surface area (TPSA) is 86.6 Å². The van der Waals surface area contributed by atoms with Crippen LogP contribution >= 0.6 is 0 Å². The number of piperazine rings is 1. The van der Waals surface area contributed by atoms with E-state index in [0.717, 1.165) is 16.9 Å². The third-order valence-corrected chi connectivity index (χ3v) is 4.06. The van der Waals surface area contributed by atoms with E-state index < -0.39 is 28.6 Å². The van der Waals surface area contributed by atoms with E-state index in [9.17, 15) is 14.0 Å². The fourth-order valence-electron chi connectivity index (χ4n) is 2.91. The van der Waals surface area contributed by atoms with Crippen molar-refractivity contribution in [2.75, 3.05) is 43.6 Å². The van der Waals surface area contributed by atoms with Crippen molar-refractivity contribution in [3.8, 4) is 0 Å². The fourth-order valence-corrected chi connectivity index (χ4v) is 2.91. The Morgan fingerprint density at radius 1 is 1.33 bits per heavy atom. The zero-order chi connectivity index (χ0) is 17.4. The number of aromatic carboxylic acids is 1. The van der Waals surface area contributed by atoms with E-state index in [-0.39, 0.29) is 16.6 Å². The summed E-state index contributed by atoms with van der Waals surface area (Å²) in [4.78, 5) is 25.0. The van der Waals surface area contributed by atoms with Crippen LogP contribution < -0.4 is 21.1 Å². The van der Waals surface area contributed by atoms with Crippen molar-refractivity contribution < 1.29 is 18.7 Å². The van der Waals surface area contributed by atoms with Crippen LogP contribution in [0, 0.1) is 11.6 Å². The summed E-state index contributed by atoms with van der Waals surface area (Å²) in [6.45, 7) is 2.04. The van der Waals surface area contributed by atoms with Gasteiger partial charge in [0, 0.05) is 39.4 Å². The molecule has 1 aliphatic heterocycles. The monoisotopic (exact) mass is 338 g/mol. The molecule has 0 aliphatic carbocycles. The highest BCUT2D eigenvalue weighted by atomic mass is 19.1. The first-order chi connectivity index (χ1) is 11.5. The summed E-state index contributed by atoms with van der Waals surface area (Å²) in [5.41, 5.74) is 0.726. The second-order valence-corrected chi connectivity index (χ2v) is 5.42. The number of aromatic nitrogens is 1. The summed E-state index contributed by atoms with van der Waals surface area (Å²) < 4.78 is 30.6. The Bertz CT molecular complexity index is 875. The number of anilines is 1. The van der Waals surface area contributed by atoms with E-state index >= 15 is 4.39 Å². The number of hydrogen-bond donors (Lipinski definition) is 3. The second-order valence-electron chi connectivity index (χ2n) is 5.42. The average Bonchev–Trinajstić information content (AvgIpc) is 2.56. The third-order valence-electron chi connectivity index (χ3n) is 4.06. The Morgan fingerprint density at radius 3 is 2.58 bits per heavy atom. The highest BCUT2D eigenvalue weighted by molar-refractivity contribution is 5.94. The van der Waals surface area contributed by atoms with E-state index in [2.05, 4.69) is 10.7 Å². The molecule has 3 rings (SSSR count). The summed E-state index contributed by atoms with van der Waals surface area (Å²) in [6, 6.07) is 0.901. The van der Waals surface area contributed by atoms with Gasteiger partial charge < -0.3 is 20.7 Å². The van der Waals surface area contributed by atoms with Gasteiger partial charge in [-0.15, -0.1) is 0 Å². The van der Waals surface area contributed by atoms with Gasteiger partial charge in [-0.05, 0) is 6.07 Å². The molecular weight excluding hydrogens is 322 g/mol. The van der Waals surface area contributed by atoms with Gasteiger partial charge in [0.2, 0.25) is 5.43 Å². The van der Waals surface area contributed by atoms with Crippen molar-refractivity contribution in [3.05, 3.63) is 39.7 Å². The molecule has 3 N–H and O–H groups in total. The van der Waals surface area contributed by atoms with Crippen molar-refractivity contribution in [1.82, 2.24) is 9.99 Å². The summed E-state index contributed by atoms with van der Waals surface area (Å²) in [5, 5.41) is 11.9. The van der Waals surface area contributed by atoms with Gasteiger partial charge in [0.05, 0.1) is 5.39 Å². The lowest BCUT2D eigenvalue weighted by Gasteiger charge is -2.30. The Hall–Kier alpha value is -2.68. The molecule has 7 nitrogen and oxygen atoms in total. The van der Waals surface area contributed by atoms with Crippen LogP contribution in [0.25, 0.3) is 10.9 Å². The Morgan fingerprint density at radius 2 is 2.00 bits per heavy atom. The molecule has 0 amide bonds. The van der Waals surface area contributed by atoms with E-state index in [4.69, 9.17) is 5.11 Å². The van der Waals surface area contributed by atoms with Gasteiger partial charge in [0.15, 0.2) is 5.82 Å². The Balaban J connectivity index is 2.34. The number of pyridine rings is 1. The van der Waals surface area contributed by atoms with Gasteiger partial charge in [0.25, 0.3) is 0 Å². The van der Waals surface area contributed by atoms with Gasteiger partial charge in [-0.2, -0.15) is 0 Å². The first-order valence-corrected chi connectivity index (χ1v) is 7.39. The smallest absolute Gasteiger partial charge is 0.341 e. The molecular formula is C15H16F2N4O3. The Labute approximate surface area is 135 Å². The van der Waals surface area contributed by atoms with Crippen LogP contribution in [0.15, 0.2) is 17.1 Å². The number of hydrogen-bond acceptors (Lipinski definition) is 5. The quantitative estimate of drug-likeness (QED) is 0.758. The predicted octanol–water partition coefficient (Wildman–Crippen LogP) is 0.561. The normalized spacial score (nSPS) is 14.9. The van der Waals surface area contributed by atoms with Crippen molar-refractivity contribution in [2.45, 2.75) is 0 Å². The maximum absolute atomic E-state index is 15.0. The number of carbonyl (C=O) groups is 1. The SMILES string of the molecule is CNn1cc(C(=O)O)c(=O)c2cc(F)c(N3CCNCC3)c(F)c21. The minimum atomic E-state index is -1.46. The number of fused-ring (bicyclic) bond motifs is 1. The maximum atomic E-state index is 15.0. The number of halogens is 2. The third kappa shape index (κ3) is 2.46. The van der Waals surface area contributed by atoms with Crippen LogP contribution in [0.1, 0.15) is 10.4 Å². The molecule has 9 heteroatoms. The Kier molecular flexibility index (Phi) is 4.10. The number of nitrogens with one attached hydrogen (secondary N) is 2. The average molecular weight is 338 g/mol. The molecule has 1 saturated heterocycles. The molecule has 1 fully saturated rings. The lowest BCUT2D eigenvalue weighted by atomic mass is 10.1. The van der Waals surface area contributed by atoms with Crippen molar-refractivity contribution in [2.24, 2.45) is 0 Å². The van der Waals surface area contributed by atoms with Gasteiger partial charge in [-0.1, -0.05) is 0 Å². The van der Waals surface area contributed by atoms with Crippen LogP contribution in [0.4, 0.5) is 14.5 Å². The lowest BCUT2D eigenvalue weighted by molar-refractivity contribution is 0.0695. The molecule has 0 saturated carbocycles. The molecule has 0 spiro atoms. The number of carboxylic acids is 1. The molecule has 1 aliphatic rings. The standard InChI is InChI=1S/C15H16F2N4O3/c1-18-21-7-9(15(23)24)14(22)8-6-10(16)13(11(17)12(8)21)20-4-2-19-3-5-20/h6-7,18-19H,2-5H2,1H3,(H,23,24). The maximum Gasteiger partial charge on any atom is 0.341 e. The molecule has 128 valence electrons. The van der Waals surface area contributed by atoms with Crippen LogP contribution in [0.3, 0.4) is 0 Å². The minimum Gasteiger partial charge on any atom is -0.477 e. The molecule has 0 radical (unpaired) electrons. The van der Waals surface area contributed by atoms with Crippen LogP contribution in [-0.4, -0.2) is 49.0 Å². The molecule has 24 heavy (non-hydrogen) atoms. The van der Waals surface area contributed by atoms with Gasteiger partial charge >= 0.3 is 5.97 Å². The molecule has 1 aromatic heterocycles. The van der Waals surface area contributed by atoms with Crippen molar-refractivity contribution in [3.63, 3.8) is 0 Å². The van der Waals surface area contributed by atoms with E-state index in [1.807, 2.05) is 0 Å². The van der Waals surface area contributed by atoms with E-state index in [1.54, 1.807) is 4.90 Å². The number of carboxylic acid groups (broad SMARTS) is 1. The van der Waals surface area contributed by atoms with Crippen LogP contribution in [-0.2, 0) is 0 Å². The summed E-state index contributed by atoms with van der Waals surface area (Å²) in [6.07, 6.45) is 0.996. The highest BCUT2D eigenvalue weighted by Gasteiger charge is 2.25. The van der Waals surface area contributed by atoms with Gasteiger partial charge in [-0.25, -0.2) is 13.6 Å². The zero-order valence-electron chi connectivity index (χ0n) is 12.9. The van der Waals surface area contributed by atoms with E-state index in [1.165, 1.54) is 7.05 Å². The molecule has 1 aromatic carbocycles. The molecule has 0 unspecified atom stereocenters. The zero-order valence-corrected chi connectivity index (χ0v) is 12.9. The summed E-state index contributed by atoms with van der Waals surface area (Å²) in [5.74, 6) is -3.24. The van der Waals surface area contributed by atoms with Crippen molar-refractivity contribution >= 4 is 22.6 Å². The van der Waals surface area contributed by atoms with Gasteiger partial charge in [-0.3, -0.25) is 9.47 Å². The van der Waals surface area contributed by atoms with Crippen molar-refractivity contribution in [1.29, 1.82) is 0 Å². The number of rotatable bonds is 3.